The highest BCUT2D eigenvalue weighted by Gasteiger charge is 2.21. The maximum Gasteiger partial charge on any atom is 0.275 e. The normalized spacial score (nSPS) is 14.2. The quantitative estimate of drug-likeness (QED) is 0.682. The minimum Gasteiger partial charge on any atom is -0.490 e. The van der Waals surface area contributed by atoms with Gasteiger partial charge in [-0.3, -0.25) is 10.2 Å². The molecule has 152 valence electrons. The van der Waals surface area contributed by atoms with Crippen LogP contribution >= 0.6 is 0 Å². The molecule has 1 heterocycles. The summed E-state index contributed by atoms with van der Waals surface area (Å²) in [5.41, 5.74) is 2.59. The second-order valence-corrected chi connectivity index (χ2v) is 7.83. The molecule has 0 radical (unpaired) electrons. The molecule has 0 fully saturated rings. The van der Waals surface area contributed by atoms with E-state index in [9.17, 15) is 13.2 Å². The van der Waals surface area contributed by atoms with Crippen molar-refractivity contribution in [3.05, 3.63) is 48.0 Å². The van der Waals surface area contributed by atoms with Crippen molar-refractivity contribution in [2.75, 3.05) is 13.2 Å². The number of nitrogens with zero attached hydrogens (tertiary/aromatic N) is 1. The number of sulfonamides is 1. The smallest absolute Gasteiger partial charge is 0.275 e. The SMILES string of the molecule is C[C@@H](Oc1ccc(C#N)cc1)C(=O)NNS(=O)(=O)c1ccc2c(c1)OCCCO2. The topological polar surface area (TPSA) is 127 Å². The van der Waals surface area contributed by atoms with Crippen molar-refractivity contribution in [2.45, 2.75) is 24.3 Å². The number of hydrogen-bond donors (Lipinski definition) is 2. The van der Waals surface area contributed by atoms with Crippen molar-refractivity contribution in [3.8, 4) is 23.3 Å². The molecule has 0 saturated carbocycles. The van der Waals surface area contributed by atoms with Crippen molar-refractivity contribution in [2.24, 2.45) is 0 Å². The maximum absolute atomic E-state index is 12.5. The largest absolute Gasteiger partial charge is 0.490 e. The lowest BCUT2D eigenvalue weighted by Gasteiger charge is -2.16. The molecule has 0 aliphatic carbocycles. The number of rotatable bonds is 6. The molecule has 1 aliphatic rings. The fourth-order valence-corrected chi connectivity index (χ4v) is 3.32. The molecule has 0 unspecified atom stereocenters. The number of amides is 1. The standard InChI is InChI=1S/C19H19N3O6S/c1-13(28-15-5-3-14(12-20)4-6-15)19(23)21-22-29(24,25)16-7-8-17-18(11-16)27-10-2-9-26-17/h3-8,11,13,22H,2,9-10H2,1H3,(H,21,23)/t13-/m1/s1. The second-order valence-electron chi connectivity index (χ2n) is 6.15. The Morgan fingerprint density at radius 3 is 2.52 bits per heavy atom. The molecule has 1 aliphatic heterocycles. The van der Waals surface area contributed by atoms with Gasteiger partial charge in [0.25, 0.3) is 15.9 Å². The first-order chi connectivity index (χ1) is 13.9. The van der Waals surface area contributed by atoms with Gasteiger partial charge in [0, 0.05) is 12.5 Å². The van der Waals surface area contributed by atoms with Crippen LogP contribution in [0.3, 0.4) is 0 Å². The molecule has 10 heteroatoms. The van der Waals surface area contributed by atoms with Gasteiger partial charge in [0.2, 0.25) is 0 Å². The lowest BCUT2D eigenvalue weighted by Crippen LogP contribution is -2.47. The van der Waals surface area contributed by atoms with Crippen LogP contribution in [-0.2, 0) is 14.8 Å². The van der Waals surface area contributed by atoms with Crippen LogP contribution in [0.25, 0.3) is 0 Å². The first-order valence-electron chi connectivity index (χ1n) is 8.77. The Kier molecular flexibility index (Phi) is 6.21. The Morgan fingerprint density at radius 1 is 1.14 bits per heavy atom. The third-order valence-corrected chi connectivity index (χ3v) is 5.25. The zero-order valence-corrected chi connectivity index (χ0v) is 16.4. The molecule has 3 rings (SSSR count). The van der Waals surface area contributed by atoms with Crippen molar-refractivity contribution in [1.29, 1.82) is 5.26 Å². The fraction of sp³-hybridized carbons (Fsp3) is 0.263. The van der Waals surface area contributed by atoms with Crippen LogP contribution in [0.2, 0.25) is 0 Å². The van der Waals surface area contributed by atoms with E-state index >= 15 is 0 Å². The van der Waals surface area contributed by atoms with Crippen molar-refractivity contribution in [3.63, 3.8) is 0 Å². The van der Waals surface area contributed by atoms with Gasteiger partial charge in [-0.25, -0.2) is 8.42 Å². The molecular formula is C19H19N3O6S. The van der Waals surface area contributed by atoms with Gasteiger partial charge >= 0.3 is 0 Å². The highest BCUT2D eigenvalue weighted by Crippen LogP contribution is 2.31. The molecule has 0 spiro atoms. The molecule has 1 atom stereocenters. The Bertz CT molecular complexity index is 1030. The van der Waals surface area contributed by atoms with Crippen LogP contribution in [0, 0.1) is 11.3 Å². The zero-order valence-electron chi connectivity index (χ0n) is 15.5. The van der Waals surface area contributed by atoms with E-state index in [2.05, 4.69) is 5.43 Å². The van der Waals surface area contributed by atoms with E-state index in [4.69, 9.17) is 19.5 Å². The highest BCUT2D eigenvalue weighted by atomic mass is 32.2. The molecule has 9 nitrogen and oxygen atoms in total. The van der Waals surface area contributed by atoms with E-state index in [1.165, 1.54) is 25.1 Å². The molecule has 1 amide bonds. The number of hydrazine groups is 1. The minimum absolute atomic E-state index is 0.0808. The summed E-state index contributed by atoms with van der Waals surface area (Å²) in [7, 11) is -4.03. The van der Waals surface area contributed by atoms with Gasteiger partial charge in [-0.1, -0.05) is 0 Å². The summed E-state index contributed by atoms with van der Waals surface area (Å²) in [4.78, 5) is 14.1. The van der Waals surface area contributed by atoms with E-state index in [1.54, 1.807) is 24.3 Å². The zero-order chi connectivity index (χ0) is 20.9. The van der Waals surface area contributed by atoms with Crippen molar-refractivity contribution >= 4 is 15.9 Å². The molecule has 2 aromatic carbocycles. The molecule has 0 saturated heterocycles. The summed E-state index contributed by atoms with van der Waals surface area (Å²) in [6.07, 6.45) is -0.281. The maximum atomic E-state index is 12.5. The van der Waals surface area contributed by atoms with Gasteiger partial charge in [-0.15, -0.1) is 4.83 Å². The Hall–Kier alpha value is -3.29. The molecule has 0 aromatic heterocycles. The fourth-order valence-electron chi connectivity index (χ4n) is 2.45. The molecule has 2 N–H and O–H groups in total. The average Bonchev–Trinajstić information content (AvgIpc) is 2.97. The molecule has 2 aromatic rings. The Balaban J connectivity index is 1.61. The van der Waals surface area contributed by atoms with Gasteiger partial charge < -0.3 is 14.2 Å². The van der Waals surface area contributed by atoms with E-state index in [0.717, 1.165) is 0 Å². The summed E-state index contributed by atoms with van der Waals surface area (Å²) >= 11 is 0. The summed E-state index contributed by atoms with van der Waals surface area (Å²) < 4.78 is 41.3. The Morgan fingerprint density at radius 2 is 1.83 bits per heavy atom. The van der Waals surface area contributed by atoms with E-state index in [1.807, 2.05) is 10.9 Å². The average molecular weight is 417 g/mol. The predicted octanol–water partition coefficient (Wildman–Crippen LogP) is 1.50. The number of ether oxygens (including phenoxy) is 3. The van der Waals surface area contributed by atoms with Crippen LogP contribution in [0.15, 0.2) is 47.4 Å². The number of carbonyl (C=O) groups excluding carboxylic acids is 1. The van der Waals surface area contributed by atoms with Crippen LogP contribution < -0.4 is 24.5 Å². The minimum atomic E-state index is -4.03. The second kappa shape index (κ2) is 8.81. The van der Waals surface area contributed by atoms with E-state index in [-0.39, 0.29) is 4.90 Å². The summed E-state index contributed by atoms with van der Waals surface area (Å²) in [5, 5.41) is 8.78. The molecular weight excluding hydrogens is 398 g/mol. The first-order valence-corrected chi connectivity index (χ1v) is 10.3. The molecule has 0 bridgehead atoms. The third kappa shape index (κ3) is 5.16. The summed E-state index contributed by atoms with van der Waals surface area (Å²) in [5.74, 6) is 0.480. The van der Waals surface area contributed by atoms with Crippen molar-refractivity contribution in [1.82, 2.24) is 10.3 Å². The first kappa shape index (κ1) is 20.4. The van der Waals surface area contributed by atoms with Gasteiger partial charge in [-0.05, 0) is 43.3 Å². The lowest BCUT2D eigenvalue weighted by molar-refractivity contribution is -0.127. The molecule has 29 heavy (non-hydrogen) atoms. The summed E-state index contributed by atoms with van der Waals surface area (Å²) in [6, 6.07) is 12.4. The van der Waals surface area contributed by atoms with Crippen molar-refractivity contribution < 1.29 is 27.4 Å². The van der Waals surface area contributed by atoms with Crippen LogP contribution in [-0.4, -0.2) is 33.6 Å². The van der Waals surface area contributed by atoms with Gasteiger partial charge in [0.15, 0.2) is 17.6 Å². The Labute approximate surface area is 168 Å². The highest BCUT2D eigenvalue weighted by molar-refractivity contribution is 7.89. The van der Waals surface area contributed by atoms with Gasteiger partial charge in [0.05, 0.1) is 29.7 Å². The van der Waals surface area contributed by atoms with Gasteiger partial charge in [-0.2, -0.15) is 5.26 Å². The monoisotopic (exact) mass is 417 g/mol. The van der Waals surface area contributed by atoms with Crippen LogP contribution in [0.4, 0.5) is 0 Å². The van der Waals surface area contributed by atoms with Crippen LogP contribution in [0.1, 0.15) is 18.9 Å². The lowest BCUT2D eigenvalue weighted by atomic mass is 10.2. The summed E-state index contributed by atoms with van der Waals surface area (Å²) in [6.45, 7) is 2.38. The predicted molar refractivity (Wildman–Crippen MR) is 102 cm³/mol. The number of nitriles is 1. The third-order valence-electron chi connectivity index (χ3n) is 4.00. The number of nitrogens with one attached hydrogen (secondary N) is 2. The van der Waals surface area contributed by atoms with Crippen LogP contribution in [0.5, 0.6) is 17.2 Å². The van der Waals surface area contributed by atoms with E-state index in [0.29, 0.717) is 42.4 Å². The number of carbonyl (C=O) groups is 1. The number of fused-ring (bicyclic) bond motifs is 1. The van der Waals surface area contributed by atoms with E-state index < -0.39 is 22.0 Å². The number of hydrogen-bond acceptors (Lipinski definition) is 7. The number of benzene rings is 2. The van der Waals surface area contributed by atoms with Gasteiger partial charge in [0.1, 0.15) is 5.75 Å².